The third kappa shape index (κ3) is 4.82. The van der Waals surface area contributed by atoms with Crippen molar-refractivity contribution >= 4 is 60.9 Å². The van der Waals surface area contributed by atoms with E-state index in [9.17, 15) is 8.42 Å². The first-order chi connectivity index (χ1) is 15.4. The van der Waals surface area contributed by atoms with Crippen molar-refractivity contribution in [1.29, 1.82) is 0 Å². The second-order valence-corrected chi connectivity index (χ2v) is 8.45. The molecule has 0 unspecified atom stereocenters. The van der Waals surface area contributed by atoms with Crippen molar-refractivity contribution in [3.05, 3.63) is 58.8 Å². The van der Waals surface area contributed by atoms with Crippen LogP contribution >= 0.6 is 15.9 Å². The normalized spacial score (nSPS) is 11.1. The van der Waals surface area contributed by atoms with Crippen LogP contribution < -0.4 is 20.1 Å². The Morgan fingerprint density at radius 2 is 2.00 bits per heavy atom. The van der Waals surface area contributed by atoms with E-state index in [4.69, 9.17) is 4.74 Å². The Labute approximate surface area is 194 Å². The number of benzene rings is 2. The molecule has 12 heteroatoms. The lowest BCUT2D eigenvalue weighted by molar-refractivity contribution is 0.416. The molecule has 4 aromatic rings. The van der Waals surface area contributed by atoms with Gasteiger partial charge in [-0.05, 0) is 45.8 Å². The lowest BCUT2D eigenvalue weighted by Gasteiger charge is -2.16. The van der Waals surface area contributed by atoms with Crippen LogP contribution in [-0.2, 0) is 24.5 Å². The third-order valence-electron chi connectivity index (χ3n) is 4.72. The fourth-order valence-corrected chi connectivity index (χ4v) is 3.76. The zero-order valence-corrected chi connectivity index (χ0v) is 19.6. The number of hydrogen-bond acceptors (Lipinski definition) is 8. The van der Waals surface area contributed by atoms with Crippen molar-refractivity contribution in [2.45, 2.75) is 6.54 Å². The average molecular weight is 518 g/mol. The maximum Gasteiger partial charge on any atom is 0.229 e. The van der Waals surface area contributed by atoms with Crippen molar-refractivity contribution in [2.24, 2.45) is 7.05 Å². The summed E-state index contributed by atoms with van der Waals surface area (Å²) in [5.74, 6) is 1.42. The van der Waals surface area contributed by atoms with Gasteiger partial charge in [-0.3, -0.25) is 4.68 Å². The van der Waals surface area contributed by atoms with Crippen molar-refractivity contribution < 1.29 is 13.2 Å². The first-order valence-corrected chi connectivity index (χ1v) is 11.4. The first-order valence-electron chi connectivity index (χ1n) is 9.46. The molecule has 3 N–H and O–H groups in total. The fraction of sp³-hybridized carbons (Fsp3) is 0.150. The summed E-state index contributed by atoms with van der Waals surface area (Å²) in [4.78, 5) is 8.90. The minimum atomic E-state index is -2.73. The van der Waals surface area contributed by atoms with E-state index < -0.39 is 10.9 Å². The molecule has 0 saturated heterocycles. The van der Waals surface area contributed by atoms with Crippen LogP contribution in [0.2, 0.25) is 0 Å². The summed E-state index contributed by atoms with van der Waals surface area (Å²) >= 11 is 3.46. The number of fused-ring (bicyclic) bond motifs is 1. The molecule has 0 bridgehead atoms. The van der Waals surface area contributed by atoms with Crippen LogP contribution in [-0.4, -0.2) is 35.3 Å². The van der Waals surface area contributed by atoms with Crippen LogP contribution in [0.4, 0.5) is 23.1 Å². The lowest BCUT2D eigenvalue weighted by Crippen LogP contribution is -2.12. The van der Waals surface area contributed by atoms with Gasteiger partial charge in [0.15, 0.2) is 5.82 Å². The number of aromatic nitrogens is 4. The maximum atomic E-state index is 11.0. The second-order valence-electron chi connectivity index (χ2n) is 6.77. The monoisotopic (exact) mass is 517 g/mol. The Bertz CT molecular complexity index is 1350. The van der Waals surface area contributed by atoms with Gasteiger partial charge >= 0.3 is 0 Å². The van der Waals surface area contributed by atoms with Crippen molar-refractivity contribution in [3.8, 4) is 5.75 Å². The molecule has 0 fully saturated rings. The molecule has 0 atom stereocenters. The van der Waals surface area contributed by atoms with Gasteiger partial charge < -0.3 is 15.4 Å². The molecule has 0 aliphatic rings. The largest absolute Gasteiger partial charge is 0.495 e. The van der Waals surface area contributed by atoms with Crippen LogP contribution in [0.25, 0.3) is 10.9 Å². The van der Waals surface area contributed by atoms with E-state index in [1.54, 1.807) is 42.4 Å². The Kier molecular flexibility index (Phi) is 6.53. The zero-order valence-electron chi connectivity index (χ0n) is 17.2. The number of aryl methyl sites for hydroxylation is 1. The third-order valence-corrected chi connectivity index (χ3v) is 5.72. The highest BCUT2D eigenvalue weighted by Gasteiger charge is 2.14. The van der Waals surface area contributed by atoms with Gasteiger partial charge in [-0.2, -0.15) is 10.1 Å². The number of nitrogens with zero attached hydrogens (tertiary/aromatic N) is 4. The number of rotatable bonds is 8. The standard InChI is InChI=1S/C20H20BrN7O3S/c1-28-16-8-14(7-6-12(16)9-23-28)25-20-22-11-15(21)19(27-20)26-18-13(10-24-32(29)30)4-3-5-17(18)31-2/h3-9,11,32H,10H2,1-2H3,(H,24,29,30)(H2,22,25,26,27). The minimum absolute atomic E-state index is 0.108. The van der Waals surface area contributed by atoms with Gasteiger partial charge in [0.1, 0.15) is 5.75 Å². The number of hydrogen-bond donors (Lipinski definition) is 4. The van der Waals surface area contributed by atoms with Gasteiger partial charge in [0.05, 0.1) is 29.0 Å². The number of thiol groups is 1. The molecule has 0 radical (unpaired) electrons. The molecule has 0 saturated carbocycles. The summed E-state index contributed by atoms with van der Waals surface area (Å²) < 4.78 is 32.3. The van der Waals surface area contributed by atoms with Gasteiger partial charge in [-0.15, -0.1) is 0 Å². The van der Waals surface area contributed by atoms with Crippen LogP contribution in [0, 0.1) is 0 Å². The summed E-state index contributed by atoms with van der Waals surface area (Å²) in [5, 5.41) is 11.7. The zero-order chi connectivity index (χ0) is 22.7. The molecular weight excluding hydrogens is 498 g/mol. The van der Waals surface area contributed by atoms with Gasteiger partial charge in [-0.25, -0.2) is 18.1 Å². The first kappa shape index (κ1) is 22.0. The summed E-state index contributed by atoms with van der Waals surface area (Å²) in [6.45, 7) is 0.108. The average Bonchev–Trinajstić information content (AvgIpc) is 3.15. The van der Waals surface area contributed by atoms with E-state index in [1.165, 1.54) is 0 Å². The van der Waals surface area contributed by atoms with E-state index in [-0.39, 0.29) is 6.54 Å². The van der Waals surface area contributed by atoms with E-state index in [2.05, 4.69) is 46.4 Å². The lowest BCUT2D eigenvalue weighted by atomic mass is 10.1. The quantitative estimate of drug-likeness (QED) is 0.262. The van der Waals surface area contributed by atoms with E-state index >= 15 is 0 Å². The highest BCUT2D eigenvalue weighted by atomic mass is 79.9. The predicted octanol–water partition coefficient (Wildman–Crippen LogP) is 3.24. The van der Waals surface area contributed by atoms with Crippen molar-refractivity contribution in [1.82, 2.24) is 24.5 Å². The molecule has 0 aliphatic carbocycles. The number of nitrogens with one attached hydrogen (secondary N) is 3. The summed E-state index contributed by atoms with van der Waals surface area (Å²) in [6, 6.07) is 11.2. The van der Waals surface area contributed by atoms with Gasteiger partial charge in [0, 0.05) is 30.9 Å². The topological polar surface area (TPSA) is 123 Å². The maximum absolute atomic E-state index is 11.0. The van der Waals surface area contributed by atoms with Gasteiger partial charge in [0.2, 0.25) is 16.8 Å². The van der Waals surface area contributed by atoms with Gasteiger partial charge in [-0.1, -0.05) is 12.1 Å². The number of para-hydroxylation sites is 1. The van der Waals surface area contributed by atoms with E-state index in [0.717, 1.165) is 16.6 Å². The van der Waals surface area contributed by atoms with Crippen LogP contribution in [0.1, 0.15) is 5.56 Å². The van der Waals surface area contributed by atoms with Crippen molar-refractivity contribution in [2.75, 3.05) is 17.7 Å². The molecule has 0 aliphatic heterocycles. The second kappa shape index (κ2) is 9.51. The summed E-state index contributed by atoms with van der Waals surface area (Å²) in [6.07, 6.45) is 3.43. The highest BCUT2D eigenvalue weighted by molar-refractivity contribution is 9.10. The predicted molar refractivity (Wildman–Crippen MR) is 127 cm³/mol. The fourth-order valence-electron chi connectivity index (χ4n) is 3.17. The van der Waals surface area contributed by atoms with Crippen LogP contribution in [0.3, 0.4) is 0 Å². The molecule has 2 heterocycles. The number of anilines is 4. The smallest absolute Gasteiger partial charge is 0.229 e. The van der Waals surface area contributed by atoms with Crippen LogP contribution in [0.5, 0.6) is 5.75 Å². The molecule has 2 aromatic heterocycles. The number of ether oxygens (including phenoxy) is 1. The summed E-state index contributed by atoms with van der Waals surface area (Å²) in [7, 11) is 0.695. The number of halogens is 1. The molecule has 0 amide bonds. The Morgan fingerprint density at radius 3 is 2.78 bits per heavy atom. The van der Waals surface area contributed by atoms with Crippen molar-refractivity contribution in [3.63, 3.8) is 0 Å². The van der Waals surface area contributed by atoms with E-state index in [0.29, 0.717) is 33.2 Å². The Balaban J connectivity index is 1.64. The molecule has 166 valence electrons. The number of methoxy groups -OCH3 is 1. The molecular formula is C20H20BrN7O3S. The van der Waals surface area contributed by atoms with Gasteiger partial charge in [0.25, 0.3) is 0 Å². The molecule has 0 spiro atoms. The highest BCUT2D eigenvalue weighted by Crippen LogP contribution is 2.34. The molecule has 2 aromatic carbocycles. The summed E-state index contributed by atoms with van der Waals surface area (Å²) in [5.41, 5.74) is 3.09. The molecule has 32 heavy (non-hydrogen) atoms. The van der Waals surface area contributed by atoms with E-state index in [1.807, 2.05) is 25.2 Å². The minimum Gasteiger partial charge on any atom is -0.495 e. The Morgan fingerprint density at radius 1 is 1.16 bits per heavy atom. The van der Waals surface area contributed by atoms with Crippen LogP contribution in [0.15, 0.2) is 53.3 Å². The SMILES string of the molecule is COc1cccc(CN[SH](=O)=O)c1Nc1nc(Nc2ccc3cnn(C)c3c2)ncc1Br. The molecule has 4 rings (SSSR count). The Hall–Kier alpha value is -3.22. The molecule has 10 nitrogen and oxygen atoms in total.